The lowest BCUT2D eigenvalue weighted by Gasteiger charge is -2.23. The van der Waals surface area contributed by atoms with Gasteiger partial charge in [0, 0.05) is 12.7 Å². The molecule has 2 aromatic carbocycles. The largest absolute Gasteiger partial charge is 0.386 e. The molecule has 24 heavy (non-hydrogen) atoms. The molecule has 2 aromatic rings. The standard InChI is InChI=1S/C20H19FN2O/c21-16-6-3-5-14(10-16)19(13-8-9-13)23-20(24)18-12-22-11-15-4-1-2-7-17(15)18/h1-7,10,12-13,19,22H,8-9,11H2,(H,23,24)/t19-/m0/s1. The Hall–Kier alpha value is -2.62. The van der Waals surface area contributed by atoms with Gasteiger partial charge in [0.05, 0.1) is 11.6 Å². The third kappa shape index (κ3) is 2.92. The molecule has 0 radical (unpaired) electrons. The third-order valence-electron chi connectivity index (χ3n) is 4.68. The zero-order valence-corrected chi connectivity index (χ0v) is 13.3. The van der Waals surface area contributed by atoms with Crippen LogP contribution >= 0.6 is 0 Å². The smallest absolute Gasteiger partial charge is 0.253 e. The summed E-state index contributed by atoms with van der Waals surface area (Å²) in [5.74, 6) is 0.00949. The summed E-state index contributed by atoms with van der Waals surface area (Å²) in [6.07, 6.45) is 3.90. The summed E-state index contributed by atoms with van der Waals surface area (Å²) in [6, 6.07) is 14.3. The van der Waals surface area contributed by atoms with Crippen molar-refractivity contribution in [3.05, 3.63) is 77.2 Å². The normalized spacial score (nSPS) is 17.3. The van der Waals surface area contributed by atoms with Crippen molar-refractivity contribution in [2.45, 2.75) is 25.4 Å². The van der Waals surface area contributed by atoms with Gasteiger partial charge in [0.1, 0.15) is 5.82 Å². The molecular formula is C20H19FN2O. The van der Waals surface area contributed by atoms with E-state index in [0.717, 1.165) is 36.1 Å². The Labute approximate surface area is 140 Å². The molecule has 1 aliphatic heterocycles. The predicted octanol–water partition coefficient (Wildman–Crippen LogP) is 3.54. The molecule has 1 atom stereocenters. The van der Waals surface area contributed by atoms with Gasteiger partial charge in [0.15, 0.2) is 0 Å². The number of nitrogens with one attached hydrogen (secondary N) is 2. The average Bonchev–Trinajstić information content (AvgIpc) is 3.44. The van der Waals surface area contributed by atoms with E-state index in [9.17, 15) is 9.18 Å². The topological polar surface area (TPSA) is 41.1 Å². The highest BCUT2D eigenvalue weighted by molar-refractivity contribution is 6.20. The van der Waals surface area contributed by atoms with Crippen molar-refractivity contribution in [3.8, 4) is 0 Å². The van der Waals surface area contributed by atoms with Crippen molar-refractivity contribution < 1.29 is 9.18 Å². The third-order valence-corrected chi connectivity index (χ3v) is 4.68. The fourth-order valence-corrected chi connectivity index (χ4v) is 3.29. The Bertz CT molecular complexity index is 811. The summed E-state index contributed by atoms with van der Waals surface area (Å²) < 4.78 is 13.6. The highest BCUT2D eigenvalue weighted by atomic mass is 19.1. The molecule has 1 heterocycles. The van der Waals surface area contributed by atoms with E-state index in [1.165, 1.54) is 12.1 Å². The Morgan fingerprint density at radius 2 is 2.00 bits per heavy atom. The summed E-state index contributed by atoms with van der Waals surface area (Å²) in [6.45, 7) is 0.725. The average molecular weight is 322 g/mol. The van der Waals surface area contributed by atoms with Crippen molar-refractivity contribution in [2.24, 2.45) is 5.92 Å². The van der Waals surface area contributed by atoms with Crippen molar-refractivity contribution in [3.63, 3.8) is 0 Å². The van der Waals surface area contributed by atoms with E-state index in [4.69, 9.17) is 0 Å². The molecule has 0 aromatic heterocycles. The van der Waals surface area contributed by atoms with E-state index in [-0.39, 0.29) is 17.8 Å². The predicted molar refractivity (Wildman–Crippen MR) is 91.3 cm³/mol. The molecular weight excluding hydrogens is 303 g/mol. The van der Waals surface area contributed by atoms with Crippen LogP contribution in [0.1, 0.15) is 35.6 Å². The van der Waals surface area contributed by atoms with Crippen LogP contribution in [0.3, 0.4) is 0 Å². The van der Waals surface area contributed by atoms with Gasteiger partial charge in [-0.05, 0) is 47.6 Å². The molecule has 0 unspecified atom stereocenters. The Morgan fingerprint density at radius 1 is 1.17 bits per heavy atom. The molecule has 1 saturated carbocycles. The summed E-state index contributed by atoms with van der Waals surface area (Å²) in [5, 5.41) is 6.28. The molecule has 0 saturated heterocycles. The molecule has 1 amide bonds. The number of hydrogen-bond acceptors (Lipinski definition) is 2. The SMILES string of the molecule is O=C(N[C@H](c1cccc(F)c1)C1CC1)C1=CNCc2ccccc21. The van der Waals surface area contributed by atoms with E-state index >= 15 is 0 Å². The van der Waals surface area contributed by atoms with Crippen molar-refractivity contribution in [1.29, 1.82) is 0 Å². The number of rotatable bonds is 4. The second-order valence-electron chi connectivity index (χ2n) is 6.44. The molecule has 4 heteroatoms. The molecule has 0 spiro atoms. The van der Waals surface area contributed by atoms with Crippen LogP contribution in [0, 0.1) is 11.7 Å². The van der Waals surface area contributed by atoms with Gasteiger partial charge < -0.3 is 10.6 Å². The second-order valence-corrected chi connectivity index (χ2v) is 6.44. The first kappa shape index (κ1) is 14.9. The zero-order chi connectivity index (χ0) is 16.5. The number of halogens is 1. The Kier molecular flexibility index (Phi) is 3.81. The van der Waals surface area contributed by atoms with Crippen LogP contribution in [0.25, 0.3) is 5.57 Å². The molecule has 122 valence electrons. The van der Waals surface area contributed by atoms with E-state index in [0.29, 0.717) is 11.5 Å². The molecule has 1 fully saturated rings. The van der Waals surface area contributed by atoms with Gasteiger partial charge in [-0.15, -0.1) is 0 Å². The summed E-state index contributed by atoms with van der Waals surface area (Å²) >= 11 is 0. The van der Waals surface area contributed by atoms with Crippen molar-refractivity contribution in [1.82, 2.24) is 10.6 Å². The van der Waals surface area contributed by atoms with Gasteiger partial charge >= 0.3 is 0 Å². The lowest BCUT2D eigenvalue weighted by atomic mass is 9.96. The second kappa shape index (κ2) is 6.11. The number of benzene rings is 2. The number of hydrogen-bond donors (Lipinski definition) is 2. The summed E-state index contributed by atoms with van der Waals surface area (Å²) in [4.78, 5) is 12.8. The lowest BCUT2D eigenvalue weighted by molar-refractivity contribution is -0.116. The summed E-state index contributed by atoms with van der Waals surface area (Å²) in [5.41, 5.74) is 3.55. The number of fused-ring (bicyclic) bond motifs is 1. The van der Waals surface area contributed by atoms with Gasteiger partial charge in [-0.3, -0.25) is 4.79 Å². The van der Waals surface area contributed by atoms with E-state index < -0.39 is 0 Å². The Balaban J connectivity index is 1.59. The van der Waals surface area contributed by atoms with Gasteiger partial charge in [0.2, 0.25) is 0 Å². The van der Waals surface area contributed by atoms with Crippen LogP contribution in [0.5, 0.6) is 0 Å². The van der Waals surface area contributed by atoms with Gasteiger partial charge in [-0.25, -0.2) is 4.39 Å². The number of amides is 1. The van der Waals surface area contributed by atoms with E-state index in [1.54, 1.807) is 12.3 Å². The lowest BCUT2D eigenvalue weighted by Crippen LogP contribution is -2.32. The zero-order valence-electron chi connectivity index (χ0n) is 13.3. The highest BCUT2D eigenvalue weighted by Gasteiger charge is 2.34. The maximum Gasteiger partial charge on any atom is 0.253 e. The minimum atomic E-state index is -0.267. The van der Waals surface area contributed by atoms with Crippen LogP contribution in [-0.4, -0.2) is 5.91 Å². The highest BCUT2D eigenvalue weighted by Crippen LogP contribution is 2.41. The van der Waals surface area contributed by atoms with Crippen LogP contribution in [0.15, 0.2) is 54.7 Å². The van der Waals surface area contributed by atoms with Crippen molar-refractivity contribution in [2.75, 3.05) is 0 Å². The van der Waals surface area contributed by atoms with Gasteiger partial charge in [-0.1, -0.05) is 36.4 Å². The maximum absolute atomic E-state index is 13.6. The van der Waals surface area contributed by atoms with Gasteiger partial charge in [0.25, 0.3) is 5.91 Å². The molecule has 2 N–H and O–H groups in total. The number of carbonyl (C=O) groups is 1. The van der Waals surface area contributed by atoms with Gasteiger partial charge in [-0.2, -0.15) is 0 Å². The first-order chi connectivity index (χ1) is 11.7. The molecule has 3 nitrogen and oxygen atoms in total. The van der Waals surface area contributed by atoms with Crippen LogP contribution in [0.4, 0.5) is 4.39 Å². The molecule has 2 aliphatic rings. The van der Waals surface area contributed by atoms with Crippen LogP contribution < -0.4 is 10.6 Å². The quantitative estimate of drug-likeness (QED) is 0.904. The minimum Gasteiger partial charge on any atom is -0.386 e. The van der Waals surface area contributed by atoms with Crippen LogP contribution in [-0.2, 0) is 11.3 Å². The Morgan fingerprint density at radius 3 is 2.79 bits per heavy atom. The first-order valence-electron chi connectivity index (χ1n) is 8.30. The molecule has 4 rings (SSSR count). The fraction of sp³-hybridized carbons (Fsp3) is 0.250. The van der Waals surface area contributed by atoms with E-state index in [2.05, 4.69) is 10.6 Å². The number of carbonyl (C=O) groups excluding carboxylic acids is 1. The van der Waals surface area contributed by atoms with E-state index in [1.807, 2.05) is 30.3 Å². The maximum atomic E-state index is 13.6. The van der Waals surface area contributed by atoms with Crippen molar-refractivity contribution >= 4 is 11.5 Å². The summed E-state index contributed by atoms with van der Waals surface area (Å²) in [7, 11) is 0. The molecule has 1 aliphatic carbocycles. The minimum absolute atomic E-state index is 0.115. The van der Waals surface area contributed by atoms with Crippen LogP contribution in [0.2, 0.25) is 0 Å². The molecule has 0 bridgehead atoms. The fourth-order valence-electron chi connectivity index (χ4n) is 3.29. The first-order valence-corrected chi connectivity index (χ1v) is 8.30. The monoisotopic (exact) mass is 322 g/mol.